The molecule has 2 aliphatic heterocycles. The topological polar surface area (TPSA) is 64.6 Å². The zero-order chi connectivity index (χ0) is 19.0. The van der Waals surface area contributed by atoms with Gasteiger partial charge < -0.3 is 4.98 Å². The average molecular weight is 406 g/mol. The van der Waals surface area contributed by atoms with E-state index in [1.807, 2.05) is 0 Å². The van der Waals surface area contributed by atoms with Crippen molar-refractivity contribution in [2.75, 3.05) is 18.0 Å². The summed E-state index contributed by atoms with van der Waals surface area (Å²) in [5.74, 6) is 2.03. The third-order valence-corrected chi connectivity index (χ3v) is 4.95. The molecule has 6 nitrogen and oxygen atoms in total. The normalized spacial score (nSPS) is 17.9. The summed E-state index contributed by atoms with van der Waals surface area (Å²) in [6.45, 7) is 5.33. The fraction of sp³-hybridized carbons (Fsp3) is 0.450. The lowest BCUT2D eigenvalue weighted by atomic mass is 10.1. The molecule has 8 heteroatoms. The lowest BCUT2D eigenvalue weighted by Gasteiger charge is -2.32. The van der Waals surface area contributed by atoms with Gasteiger partial charge in [-0.1, -0.05) is 26.0 Å². The summed E-state index contributed by atoms with van der Waals surface area (Å²) in [7, 11) is 0. The minimum atomic E-state index is -0.246. The first kappa shape index (κ1) is 20.3. The highest BCUT2D eigenvalue weighted by molar-refractivity contribution is 6.18. The number of nitrogens with one attached hydrogen (secondary N) is 1. The van der Waals surface area contributed by atoms with Gasteiger partial charge in [0.2, 0.25) is 0 Å². The number of halogens is 2. The standard InChI is InChI=1S/C20H24FN5O.ClH/c1-3-5-16-23-17-18-22-15(11-13-6-8-14(21)9-7-13)12-26(18)20(27)25(10-4-2)19(17)24-16;/h6-9,15H,3-5,10-12H2,1-2H3,(H,23,24);1H. The van der Waals surface area contributed by atoms with Crippen LogP contribution in [0, 0.1) is 5.82 Å². The molecule has 0 spiro atoms. The highest BCUT2D eigenvalue weighted by atomic mass is 35.5. The summed E-state index contributed by atoms with van der Waals surface area (Å²) >= 11 is 0. The molecule has 0 saturated carbocycles. The van der Waals surface area contributed by atoms with Crippen molar-refractivity contribution in [1.82, 2.24) is 14.9 Å². The molecule has 1 atom stereocenters. The number of H-pyrrole nitrogens is 1. The zero-order valence-corrected chi connectivity index (χ0v) is 16.9. The summed E-state index contributed by atoms with van der Waals surface area (Å²) < 4.78 is 13.1. The van der Waals surface area contributed by atoms with Gasteiger partial charge in [0.05, 0.1) is 12.6 Å². The van der Waals surface area contributed by atoms with Crippen molar-refractivity contribution in [2.24, 2.45) is 4.99 Å². The van der Waals surface area contributed by atoms with E-state index in [-0.39, 0.29) is 30.3 Å². The lowest BCUT2D eigenvalue weighted by Crippen LogP contribution is -2.50. The molecule has 3 heterocycles. The molecule has 0 fully saturated rings. The molecule has 1 aromatic carbocycles. The number of aliphatic imine (C=N–C) groups is 1. The van der Waals surface area contributed by atoms with Crippen LogP contribution in [-0.2, 0) is 12.8 Å². The van der Waals surface area contributed by atoms with E-state index in [1.165, 1.54) is 12.1 Å². The zero-order valence-electron chi connectivity index (χ0n) is 16.1. The second kappa shape index (κ2) is 8.31. The van der Waals surface area contributed by atoms with Gasteiger partial charge in [-0.3, -0.25) is 14.8 Å². The first-order valence-corrected chi connectivity index (χ1v) is 9.61. The first-order chi connectivity index (χ1) is 13.1. The Hall–Kier alpha value is -2.41. The van der Waals surface area contributed by atoms with E-state index in [0.717, 1.165) is 36.3 Å². The van der Waals surface area contributed by atoms with Gasteiger partial charge in [0.15, 0.2) is 11.7 Å². The Labute approximate surface area is 170 Å². The number of aryl methyl sites for hydroxylation is 1. The van der Waals surface area contributed by atoms with E-state index < -0.39 is 0 Å². The van der Waals surface area contributed by atoms with E-state index in [0.29, 0.717) is 31.2 Å². The maximum atomic E-state index is 13.1. The number of aromatic amines is 1. The van der Waals surface area contributed by atoms with E-state index in [1.54, 1.807) is 21.9 Å². The molecule has 2 amide bonds. The number of rotatable bonds is 6. The summed E-state index contributed by atoms with van der Waals surface area (Å²) in [5.41, 5.74) is 1.85. The van der Waals surface area contributed by atoms with Crippen LogP contribution in [0.15, 0.2) is 29.3 Å². The Morgan fingerprint density at radius 3 is 2.64 bits per heavy atom. The fourth-order valence-electron chi connectivity index (χ4n) is 3.73. The minimum Gasteiger partial charge on any atom is -0.338 e. The second-order valence-corrected chi connectivity index (χ2v) is 7.11. The van der Waals surface area contributed by atoms with Crippen LogP contribution in [0.2, 0.25) is 0 Å². The van der Waals surface area contributed by atoms with Gasteiger partial charge in [0.1, 0.15) is 17.3 Å². The molecule has 4 rings (SSSR count). The van der Waals surface area contributed by atoms with Crippen LogP contribution in [0.1, 0.15) is 43.8 Å². The monoisotopic (exact) mass is 405 g/mol. The highest BCUT2D eigenvalue weighted by Gasteiger charge is 2.42. The van der Waals surface area contributed by atoms with Crippen LogP contribution >= 0.6 is 12.4 Å². The third kappa shape index (κ3) is 3.63. The van der Waals surface area contributed by atoms with Gasteiger partial charge in [0.25, 0.3) is 0 Å². The number of carbonyl (C=O) groups is 1. The van der Waals surface area contributed by atoms with Crippen molar-refractivity contribution in [3.63, 3.8) is 0 Å². The molecular weight excluding hydrogens is 381 g/mol. The van der Waals surface area contributed by atoms with E-state index >= 15 is 0 Å². The van der Waals surface area contributed by atoms with E-state index in [4.69, 9.17) is 4.99 Å². The predicted molar refractivity (Wildman–Crippen MR) is 110 cm³/mol. The summed E-state index contributed by atoms with van der Waals surface area (Å²) in [4.78, 5) is 29.4. The van der Waals surface area contributed by atoms with Crippen LogP contribution in [0.5, 0.6) is 0 Å². The highest BCUT2D eigenvalue weighted by Crippen LogP contribution is 2.31. The number of carbonyl (C=O) groups excluding carboxylic acids is 1. The molecule has 1 unspecified atom stereocenters. The smallest absolute Gasteiger partial charge is 0.331 e. The van der Waals surface area contributed by atoms with Gasteiger partial charge in [-0.25, -0.2) is 14.2 Å². The molecule has 0 saturated heterocycles. The SMILES string of the molecule is CCCc1nc2c([nH]1)C1=NC(Cc3ccc(F)cc3)CN1C(=O)N2CCC.Cl. The van der Waals surface area contributed by atoms with Crippen LogP contribution < -0.4 is 4.90 Å². The maximum Gasteiger partial charge on any atom is 0.331 e. The van der Waals surface area contributed by atoms with Gasteiger partial charge >= 0.3 is 6.03 Å². The molecule has 0 aliphatic carbocycles. The summed E-state index contributed by atoms with van der Waals surface area (Å²) in [5, 5.41) is 0. The van der Waals surface area contributed by atoms with Crippen molar-refractivity contribution in [3.05, 3.63) is 47.2 Å². The Bertz CT molecular complexity index is 879. The van der Waals surface area contributed by atoms with Crippen molar-refractivity contribution in [2.45, 2.75) is 45.6 Å². The number of hydrogen-bond donors (Lipinski definition) is 1. The molecule has 1 N–H and O–H groups in total. The molecule has 2 aliphatic rings. The van der Waals surface area contributed by atoms with E-state index in [9.17, 15) is 9.18 Å². The number of nitrogens with zero attached hydrogens (tertiary/aromatic N) is 4. The quantitative estimate of drug-likeness (QED) is 0.790. The number of anilines is 1. The largest absolute Gasteiger partial charge is 0.338 e. The number of fused-ring (bicyclic) bond motifs is 3. The predicted octanol–water partition coefficient (Wildman–Crippen LogP) is 3.95. The number of benzene rings is 1. The summed E-state index contributed by atoms with van der Waals surface area (Å²) in [6, 6.07) is 6.38. The number of aromatic nitrogens is 2. The number of imidazole rings is 1. The Kier molecular flexibility index (Phi) is 6.03. The number of amidine groups is 1. The third-order valence-electron chi connectivity index (χ3n) is 4.95. The Morgan fingerprint density at radius 2 is 1.96 bits per heavy atom. The minimum absolute atomic E-state index is 0. The van der Waals surface area contributed by atoms with Gasteiger partial charge in [0, 0.05) is 13.0 Å². The van der Waals surface area contributed by atoms with Crippen molar-refractivity contribution < 1.29 is 9.18 Å². The maximum absolute atomic E-state index is 13.1. The number of hydrogen-bond acceptors (Lipinski definition) is 3. The van der Waals surface area contributed by atoms with Crippen LogP contribution in [0.25, 0.3) is 0 Å². The van der Waals surface area contributed by atoms with Crippen LogP contribution in [0.3, 0.4) is 0 Å². The molecule has 28 heavy (non-hydrogen) atoms. The second-order valence-electron chi connectivity index (χ2n) is 7.11. The molecule has 150 valence electrons. The lowest BCUT2D eigenvalue weighted by molar-refractivity contribution is 0.226. The van der Waals surface area contributed by atoms with Crippen molar-refractivity contribution in [1.29, 1.82) is 0 Å². The Morgan fingerprint density at radius 1 is 1.21 bits per heavy atom. The van der Waals surface area contributed by atoms with Crippen LogP contribution in [0.4, 0.5) is 15.0 Å². The Balaban J connectivity index is 0.00000225. The molecule has 0 radical (unpaired) electrons. The number of amides is 2. The fourth-order valence-corrected chi connectivity index (χ4v) is 3.73. The first-order valence-electron chi connectivity index (χ1n) is 9.61. The molecule has 0 bridgehead atoms. The number of urea groups is 1. The van der Waals surface area contributed by atoms with Crippen LogP contribution in [-0.4, -0.2) is 45.9 Å². The van der Waals surface area contributed by atoms with Crippen molar-refractivity contribution in [3.8, 4) is 0 Å². The molecule has 2 aromatic rings. The van der Waals surface area contributed by atoms with Gasteiger partial charge in [-0.15, -0.1) is 12.4 Å². The van der Waals surface area contributed by atoms with Gasteiger partial charge in [-0.05, 0) is 37.0 Å². The van der Waals surface area contributed by atoms with Crippen molar-refractivity contribution >= 4 is 30.1 Å². The average Bonchev–Trinajstić information content (AvgIpc) is 3.25. The van der Waals surface area contributed by atoms with Gasteiger partial charge in [-0.2, -0.15) is 0 Å². The summed E-state index contributed by atoms with van der Waals surface area (Å²) in [6.07, 6.45) is 3.36. The van der Waals surface area contributed by atoms with E-state index in [2.05, 4.69) is 23.8 Å². The molecule has 1 aromatic heterocycles. The molecular formula is C20H25ClFN5O.